The SMILES string of the molecule is CN(Cc1ccc(Cl)cc1)c1cccc(Br)c1CN. The van der Waals surface area contributed by atoms with Gasteiger partial charge in [-0.2, -0.15) is 0 Å². The standard InChI is InChI=1S/C15H16BrClN2/c1-19(10-11-5-7-12(17)8-6-11)15-4-2-3-14(16)13(15)9-18/h2-8H,9-10,18H2,1H3. The van der Waals surface area contributed by atoms with E-state index < -0.39 is 0 Å². The van der Waals surface area contributed by atoms with E-state index in [9.17, 15) is 0 Å². The molecular formula is C15H16BrClN2. The van der Waals surface area contributed by atoms with E-state index in [0.717, 1.165) is 27.3 Å². The van der Waals surface area contributed by atoms with Crippen LogP contribution in [0.4, 0.5) is 5.69 Å². The van der Waals surface area contributed by atoms with Gasteiger partial charge >= 0.3 is 0 Å². The molecule has 0 fully saturated rings. The van der Waals surface area contributed by atoms with E-state index in [0.29, 0.717) is 6.54 Å². The summed E-state index contributed by atoms with van der Waals surface area (Å²) in [6, 6.07) is 14.0. The summed E-state index contributed by atoms with van der Waals surface area (Å²) >= 11 is 9.44. The minimum atomic E-state index is 0.516. The van der Waals surface area contributed by atoms with E-state index in [1.807, 2.05) is 36.4 Å². The Kier molecular flexibility index (Phi) is 4.86. The third kappa shape index (κ3) is 3.50. The maximum Gasteiger partial charge on any atom is 0.0426 e. The maximum atomic E-state index is 5.90. The van der Waals surface area contributed by atoms with E-state index >= 15 is 0 Å². The lowest BCUT2D eigenvalue weighted by atomic mass is 10.1. The summed E-state index contributed by atoms with van der Waals surface area (Å²) in [6.45, 7) is 1.34. The van der Waals surface area contributed by atoms with Crippen LogP contribution in [0.1, 0.15) is 11.1 Å². The molecule has 2 aromatic carbocycles. The Morgan fingerprint density at radius 1 is 1.16 bits per heavy atom. The third-order valence-electron chi connectivity index (χ3n) is 3.04. The van der Waals surface area contributed by atoms with Gasteiger partial charge in [-0.25, -0.2) is 0 Å². The minimum Gasteiger partial charge on any atom is -0.370 e. The molecule has 0 unspecified atom stereocenters. The molecule has 0 aromatic heterocycles. The van der Waals surface area contributed by atoms with E-state index in [1.165, 1.54) is 5.56 Å². The van der Waals surface area contributed by atoms with E-state index in [-0.39, 0.29) is 0 Å². The predicted molar refractivity (Wildman–Crippen MR) is 85.6 cm³/mol. The zero-order valence-corrected chi connectivity index (χ0v) is 13.1. The van der Waals surface area contributed by atoms with Gasteiger partial charge in [0.1, 0.15) is 0 Å². The van der Waals surface area contributed by atoms with Crippen LogP contribution in [-0.2, 0) is 13.1 Å². The molecule has 0 aliphatic carbocycles. The van der Waals surface area contributed by atoms with Crippen LogP contribution >= 0.6 is 27.5 Å². The average molecular weight is 340 g/mol. The summed E-state index contributed by atoms with van der Waals surface area (Å²) in [4.78, 5) is 2.19. The Bertz CT molecular complexity index is 555. The van der Waals surface area contributed by atoms with E-state index in [1.54, 1.807) is 0 Å². The highest BCUT2D eigenvalue weighted by molar-refractivity contribution is 9.10. The summed E-state index contributed by atoms with van der Waals surface area (Å²) in [6.07, 6.45) is 0. The van der Waals surface area contributed by atoms with Crippen LogP contribution in [0.15, 0.2) is 46.9 Å². The molecule has 0 saturated carbocycles. The number of nitrogens with two attached hydrogens (primary N) is 1. The predicted octanol–water partition coefficient (Wildman–Crippen LogP) is 4.20. The number of halogens is 2. The molecule has 0 spiro atoms. The van der Waals surface area contributed by atoms with Crippen molar-refractivity contribution in [3.8, 4) is 0 Å². The second kappa shape index (κ2) is 6.42. The molecule has 0 amide bonds. The van der Waals surface area contributed by atoms with Crippen molar-refractivity contribution >= 4 is 33.2 Å². The largest absolute Gasteiger partial charge is 0.370 e. The fraction of sp³-hybridized carbons (Fsp3) is 0.200. The summed E-state index contributed by atoms with van der Waals surface area (Å²) in [5, 5.41) is 0.761. The number of hydrogen-bond acceptors (Lipinski definition) is 2. The number of nitrogens with zero attached hydrogens (tertiary/aromatic N) is 1. The number of hydrogen-bond donors (Lipinski definition) is 1. The van der Waals surface area contributed by atoms with Crippen molar-refractivity contribution in [1.82, 2.24) is 0 Å². The monoisotopic (exact) mass is 338 g/mol. The average Bonchev–Trinajstić information content (AvgIpc) is 2.41. The highest BCUT2D eigenvalue weighted by Gasteiger charge is 2.09. The van der Waals surface area contributed by atoms with Crippen molar-refractivity contribution in [2.75, 3.05) is 11.9 Å². The molecule has 0 aliphatic heterocycles. The molecule has 0 atom stereocenters. The molecule has 2 aromatic rings. The second-order valence-corrected chi connectivity index (χ2v) is 5.71. The Morgan fingerprint density at radius 3 is 2.47 bits per heavy atom. The van der Waals surface area contributed by atoms with E-state index in [2.05, 4.69) is 33.9 Å². The first-order valence-electron chi connectivity index (χ1n) is 6.05. The molecular weight excluding hydrogens is 324 g/mol. The van der Waals surface area contributed by atoms with E-state index in [4.69, 9.17) is 17.3 Å². The van der Waals surface area contributed by atoms with Gasteiger partial charge in [0.2, 0.25) is 0 Å². The Labute approximate surface area is 127 Å². The Balaban J connectivity index is 2.22. The van der Waals surface area contributed by atoms with Crippen molar-refractivity contribution in [3.63, 3.8) is 0 Å². The molecule has 19 heavy (non-hydrogen) atoms. The Hall–Kier alpha value is -1.03. The first-order valence-corrected chi connectivity index (χ1v) is 7.22. The van der Waals surface area contributed by atoms with Crippen LogP contribution in [0.3, 0.4) is 0 Å². The molecule has 2 N–H and O–H groups in total. The molecule has 0 aliphatic rings. The van der Waals surface area contributed by atoms with Gasteiger partial charge in [0, 0.05) is 40.9 Å². The summed E-state index contributed by atoms with van der Waals surface area (Å²) in [7, 11) is 2.07. The van der Waals surface area contributed by atoms with Crippen LogP contribution in [0.5, 0.6) is 0 Å². The lowest BCUT2D eigenvalue weighted by molar-refractivity contribution is 0.902. The van der Waals surface area contributed by atoms with Gasteiger partial charge in [0.05, 0.1) is 0 Å². The summed E-state index contributed by atoms with van der Waals surface area (Å²) < 4.78 is 1.05. The van der Waals surface area contributed by atoms with Crippen LogP contribution in [0.25, 0.3) is 0 Å². The topological polar surface area (TPSA) is 29.3 Å². The van der Waals surface area contributed by atoms with Gasteiger partial charge in [0.25, 0.3) is 0 Å². The third-order valence-corrected chi connectivity index (χ3v) is 4.04. The quantitative estimate of drug-likeness (QED) is 0.904. The van der Waals surface area contributed by atoms with Gasteiger partial charge in [-0.3, -0.25) is 0 Å². The fourth-order valence-electron chi connectivity index (χ4n) is 2.06. The molecule has 4 heteroatoms. The molecule has 2 nitrogen and oxygen atoms in total. The molecule has 0 bridgehead atoms. The van der Waals surface area contributed by atoms with Crippen LogP contribution < -0.4 is 10.6 Å². The molecule has 0 saturated heterocycles. The minimum absolute atomic E-state index is 0.516. The molecule has 0 heterocycles. The first-order chi connectivity index (χ1) is 9.11. The molecule has 0 radical (unpaired) electrons. The number of benzene rings is 2. The first kappa shape index (κ1) is 14.4. The van der Waals surface area contributed by atoms with Crippen LogP contribution in [-0.4, -0.2) is 7.05 Å². The zero-order valence-electron chi connectivity index (χ0n) is 10.7. The van der Waals surface area contributed by atoms with Gasteiger partial charge in [0.15, 0.2) is 0 Å². The van der Waals surface area contributed by atoms with Gasteiger partial charge < -0.3 is 10.6 Å². The highest BCUT2D eigenvalue weighted by Crippen LogP contribution is 2.27. The van der Waals surface area contributed by atoms with Crippen molar-refractivity contribution in [2.45, 2.75) is 13.1 Å². The second-order valence-electron chi connectivity index (χ2n) is 4.42. The number of anilines is 1. The highest BCUT2D eigenvalue weighted by atomic mass is 79.9. The normalized spacial score (nSPS) is 10.5. The van der Waals surface area contributed by atoms with Crippen LogP contribution in [0.2, 0.25) is 5.02 Å². The Morgan fingerprint density at radius 2 is 1.84 bits per heavy atom. The molecule has 2 rings (SSSR count). The van der Waals surface area contributed by atoms with Crippen LogP contribution in [0, 0.1) is 0 Å². The fourth-order valence-corrected chi connectivity index (χ4v) is 2.70. The van der Waals surface area contributed by atoms with Crippen molar-refractivity contribution in [3.05, 3.63) is 63.1 Å². The van der Waals surface area contributed by atoms with Crippen molar-refractivity contribution in [1.29, 1.82) is 0 Å². The van der Waals surface area contributed by atoms with Gasteiger partial charge in [-0.1, -0.05) is 45.7 Å². The van der Waals surface area contributed by atoms with Gasteiger partial charge in [-0.15, -0.1) is 0 Å². The number of rotatable bonds is 4. The van der Waals surface area contributed by atoms with Crippen molar-refractivity contribution < 1.29 is 0 Å². The van der Waals surface area contributed by atoms with Crippen molar-refractivity contribution in [2.24, 2.45) is 5.73 Å². The van der Waals surface area contributed by atoms with Gasteiger partial charge in [-0.05, 0) is 29.8 Å². The lowest BCUT2D eigenvalue weighted by Gasteiger charge is -2.23. The smallest absolute Gasteiger partial charge is 0.0426 e. The lowest BCUT2D eigenvalue weighted by Crippen LogP contribution is -2.19. The summed E-state index contributed by atoms with van der Waals surface area (Å²) in [5.74, 6) is 0. The maximum absolute atomic E-state index is 5.90. The molecule has 100 valence electrons. The zero-order chi connectivity index (χ0) is 13.8. The summed E-state index contributed by atoms with van der Waals surface area (Å²) in [5.41, 5.74) is 9.32.